The fourth-order valence-electron chi connectivity index (χ4n) is 0. The first-order chi connectivity index (χ1) is 5.00. The van der Waals surface area contributed by atoms with Crippen LogP contribution in [0, 0.1) is 5.92 Å². The molecule has 0 radical (unpaired) electrons. The Morgan fingerprint density at radius 1 is 1.27 bits per heavy atom. The van der Waals surface area contributed by atoms with Gasteiger partial charge in [0.2, 0.25) is 0 Å². The number of carbonyl (C=O) groups excluding carboxylic acids is 1. The van der Waals surface area contributed by atoms with E-state index in [9.17, 15) is 0 Å². The lowest BCUT2D eigenvalue weighted by Crippen LogP contribution is -1.66. The lowest BCUT2D eigenvalue weighted by Gasteiger charge is -1.79. The van der Waals surface area contributed by atoms with Gasteiger partial charge in [0.15, 0.2) is 0 Å². The molecule has 0 atom stereocenters. The van der Waals surface area contributed by atoms with Gasteiger partial charge in [0.25, 0.3) is 0 Å². The van der Waals surface area contributed by atoms with Gasteiger partial charge >= 0.3 is 0 Å². The molecule has 0 saturated carbocycles. The Morgan fingerprint density at radius 3 is 1.36 bits per heavy atom. The fourth-order valence-corrected chi connectivity index (χ4v) is 0. The summed E-state index contributed by atoms with van der Waals surface area (Å²) in [6, 6.07) is 0. The van der Waals surface area contributed by atoms with Gasteiger partial charge < -0.3 is 4.79 Å². The first-order valence-electron chi connectivity index (χ1n) is 3.57. The highest BCUT2D eigenvalue weighted by molar-refractivity contribution is 5.11. The first kappa shape index (κ1) is 16.6. The molecule has 0 fully saturated rings. The molecule has 0 spiro atoms. The zero-order valence-electron chi connectivity index (χ0n) is 8.18. The maximum atomic E-state index is 8.00. The molecule has 0 amide bonds. The monoisotopic (exact) mass is 156 g/mol. The second kappa shape index (κ2) is 16.1. The first-order valence-corrected chi connectivity index (χ1v) is 3.57. The zero-order valence-corrected chi connectivity index (χ0v) is 8.18. The predicted octanol–water partition coefficient (Wildman–Crippen LogP) is 3.23. The second-order valence-electron chi connectivity index (χ2n) is 2.78. The smallest absolute Gasteiger partial charge is 0.106 e. The molecule has 0 unspecified atom stereocenters. The molecule has 0 saturated heterocycles. The van der Waals surface area contributed by atoms with E-state index in [2.05, 4.69) is 33.9 Å². The summed E-state index contributed by atoms with van der Waals surface area (Å²) in [4.78, 5) is 8.00. The van der Waals surface area contributed by atoms with Crippen LogP contribution < -0.4 is 0 Å². The van der Waals surface area contributed by atoms with Gasteiger partial charge in [-0.15, -0.1) is 0 Å². The van der Waals surface area contributed by atoms with Crippen molar-refractivity contribution in [2.75, 3.05) is 0 Å². The van der Waals surface area contributed by atoms with E-state index in [-0.39, 0.29) is 0 Å². The van der Waals surface area contributed by atoms with Crippen molar-refractivity contribution in [3.8, 4) is 0 Å². The summed E-state index contributed by atoms with van der Waals surface area (Å²) in [7, 11) is 0. The Hall–Kier alpha value is -0.850. The summed E-state index contributed by atoms with van der Waals surface area (Å²) < 4.78 is 0. The largest absolute Gasteiger partial charge is 0.307 e. The summed E-state index contributed by atoms with van der Waals surface area (Å²) >= 11 is 0. The van der Waals surface area contributed by atoms with Crippen molar-refractivity contribution in [1.82, 2.24) is 0 Å². The summed E-state index contributed by atoms with van der Waals surface area (Å²) in [6.45, 7) is 17.4. The van der Waals surface area contributed by atoms with Crippen LogP contribution in [0.2, 0.25) is 0 Å². The van der Waals surface area contributed by atoms with Crippen molar-refractivity contribution in [2.24, 2.45) is 5.92 Å². The van der Waals surface area contributed by atoms with Crippen LogP contribution in [0.1, 0.15) is 27.7 Å². The SMILES string of the molecule is C=CC(=C)C.C=O.CC(C)C. The Bertz CT molecular complexity index is 90.3. The molecule has 0 bridgehead atoms. The van der Waals surface area contributed by atoms with E-state index >= 15 is 0 Å². The van der Waals surface area contributed by atoms with E-state index in [4.69, 9.17) is 4.79 Å². The predicted molar refractivity (Wildman–Crippen MR) is 52.6 cm³/mol. The molecule has 0 aromatic rings. The van der Waals surface area contributed by atoms with Crippen molar-refractivity contribution in [3.05, 3.63) is 24.8 Å². The van der Waals surface area contributed by atoms with Gasteiger partial charge in [-0.05, 0) is 12.8 Å². The van der Waals surface area contributed by atoms with Crippen molar-refractivity contribution in [2.45, 2.75) is 27.7 Å². The number of allylic oxidation sites excluding steroid dienone is 2. The van der Waals surface area contributed by atoms with Crippen molar-refractivity contribution >= 4 is 6.79 Å². The zero-order chi connectivity index (χ0) is 9.86. The fraction of sp³-hybridized carbons (Fsp3) is 0.500. The highest BCUT2D eigenvalue weighted by Crippen LogP contribution is 1.81. The molecule has 66 valence electrons. The number of carbonyl (C=O) groups is 1. The summed E-state index contributed by atoms with van der Waals surface area (Å²) in [5.41, 5.74) is 1.02. The average Bonchev–Trinajstić information content (AvgIpc) is 1.91. The topological polar surface area (TPSA) is 17.1 Å². The van der Waals surface area contributed by atoms with Crippen LogP contribution in [0.3, 0.4) is 0 Å². The molecule has 0 aromatic carbocycles. The van der Waals surface area contributed by atoms with Gasteiger partial charge in [0.1, 0.15) is 6.79 Å². The minimum atomic E-state index is 0.833. The van der Waals surface area contributed by atoms with Gasteiger partial charge in [-0.1, -0.05) is 45.6 Å². The third-order valence-corrected chi connectivity index (χ3v) is 0.348. The Balaban J connectivity index is -0.0000000965. The quantitative estimate of drug-likeness (QED) is 0.533. The Morgan fingerprint density at radius 2 is 1.36 bits per heavy atom. The highest BCUT2D eigenvalue weighted by Gasteiger charge is 1.68. The van der Waals surface area contributed by atoms with Gasteiger partial charge in [-0.3, -0.25) is 0 Å². The molecule has 0 aromatic heterocycles. The van der Waals surface area contributed by atoms with Crippen LogP contribution in [0.5, 0.6) is 0 Å². The van der Waals surface area contributed by atoms with Crippen LogP contribution in [0.15, 0.2) is 24.8 Å². The molecular formula is C10H20O. The average molecular weight is 156 g/mol. The third kappa shape index (κ3) is 354. The van der Waals surface area contributed by atoms with E-state index in [0.29, 0.717) is 0 Å². The van der Waals surface area contributed by atoms with Crippen molar-refractivity contribution in [3.63, 3.8) is 0 Å². The van der Waals surface area contributed by atoms with E-state index < -0.39 is 0 Å². The molecule has 0 aliphatic heterocycles. The molecule has 0 aliphatic rings. The normalized spacial score (nSPS) is 6.64. The molecule has 0 rings (SSSR count). The van der Waals surface area contributed by atoms with E-state index in [1.807, 2.05) is 13.7 Å². The Kier molecular flexibility index (Phi) is 24.3. The standard InChI is InChI=1S/C5H8.C4H10.CH2O/c1-4-5(2)3;1-4(2)3;1-2/h4H,1-2H2,3H3;4H,1-3H3;1H2. The lowest BCUT2D eigenvalue weighted by molar-refractivity contribution is -0.0979. The van der Waals surface area contributed by atoms with Crippen LogP contribution in [-0.4, -0.2) is 6.79 Å². The third-order valence-electron chi connectivity index (χ3n) is 0.348. The number of hydrogen-bond donors (Lipinski definition) is 0. The molecule has 1 heteroatoms. The minimum Gasteiger partial charge on any atom is -0.307 e. The van der Waals surface area contributed by atoms with Crippen molar-refractivity contribution in [1.29, 1.82) is 0 Å². The van der Waals surface area contributed by atoms with Gasteiger partial charge in [-0.25, -0.2) is 0 Å². The van der Waals surface area contributed by atoms with Gasteiger partial charge in [-0.2, -0.15) is 0 Å². The van der Waals surface area contributed by atoms with Crippen LogP contribution in [-0.2, 0) is 4.79 Å². The molecular weight excluding hydrogens is 136 g/mol. The van der Waals surface area contributed by atoms with Crippen LogP contribution >= 0.6 is 0 Å². The summed E-state index contributed by atoms with van der Waals surface area (Å²) in [5.74, 6) is 0.833. The lowest BCUT2D eigenvalue weighted by atomic mass is 10.3. The van der Waals surface area contributed by atoms with Crippen LogP contribution in [0.25, 0.3) is 0 Å². The maximum Gasteiger partial charge on any atom is 0.106 e. The molecule has 11 heavy (non-hydrogen) atoms. The van der Waals surface area contributed by atoms with Crippen molar-refractivity contribution < 1.29 is 4.79 Å². The second-order valence-corrected chi connectivity index (χ2v) is 2.78. The molecule has 0 N–H and O–H groups in total. The van der Waals surface area contributed by atoms with Gasteiger partial charge in [0.05, 0.1) is 0 Å². The maximum absolute atomic E-state index is 8.00. The number of rotatable bonds is 1. The van der Waals surface area contributed by atoms with E-state index in [1.54, 1.807) is 6.08 Å². The highest BCUT2D eigenvalue weighted by atomic mass is 16.1. The summed E-state index contributed by atoms with van der Waals surface area (Å²) in [5, 5.41) is 0. The Labute approximate surface area is 70.8 Å². The minimum absolute atomic E-state index is 0.833. The summed E-state index contributed by atoms with van der Waals surface area (Å²) in [6.07, 6.45) is 1.72. The van der Waals surface area contributed by atoms with E-state index in [1.165, 1.54) is 0 Å². The van der Waals surface area contributed by atoms with Crippen LogP contribution in [0.4, 0.5) is 0 Å². The molecule has 0 aliphatic carbocycles. The molecule has 0 heterocycles. The number of hydrogen-bond acceptors (Lipinski definition) is 1. The van der Waals surface area contributed by atoms with E-state index in [0.717, 1.165) is 11.5 Å². The van der Waals surface area contributed by atoms with Gasteiger partial charge in [0, 0.05) is 0 Å². The molecule has 1 nitrogen and oxygen atoms in total.